The summed E-state index contributed by atoms with van der Waals surface area (Å²) in [6.07, 6.45) is 0.663. The number of aromatic nitrogens is 2. The Morgan fingerprint density at radius 3 is 2.75 bits per heavy atom. The molecule has 0 bridgehead atoms. The van der Waals surface area contributed by atoms with E-state index in [4.69, 9.17) is 15.7 Å². The van der Waals surface area contributed by atoms with Crippen molar-refractivity contribution in [1.82, 2.24) is 9.55 Å². The monoisotopic (exact) mass is 420 g/mol. The Bertz CT molecular complexity index is 1010. The zero-order valence-electron chi connectivity index (χ0n) is 16.5. The molecule has 0 aliphatic heterocycles. The lowest BCUT2D eigenvalue weighted by Crippen LogP contribution is -2.24. The van der Waals surface area contributed by atoms with Gasteiger partial charge in [0.1, 0.15) is 16.5 Å². The molecule has 28 heavy (non-hydrogen) atoms. The van der Waals surface area contributed by atoms with Crippen LogP contribution in [-0.2, 0) is 16.1 Å². The third kappa shape index (κ3) is 4.82. The average Bonchev–Trinajstić information content (AvgIpc) is 2.93. The second kappa shape index (κ2) is 9.87. The average molecular weight is 421 g/mol. The number of hydrogen-bond donors (Lipinski definition) is 1. The van der Waals surface area contributed by atoms with Crippen molar-refractivity contribution in [2.24, 2.45) is 5.73 Å². The molecule has 0 aliphatic rings. The van der Waals surface area contributed by atoms with Crippen molar-refractivity contribution in [1.29, 1.82) is 5.26 Å². The zero-order valence-corrected chi connectivity index (χ0v) is 18.1. The van der Waals surface area contributed by atoms with Gasteiger partial charge in [0.05, 0.1) is 11.1 Å². The van der Waals surface area contributed by atoms with Crippen LogP contribution in [0.15, 0.2) is 21.2 Å². The number of nitriles is 1. The highest BCUT2D eigenvalue weighted by molar-refractivity contribution is 7.99. The number of thiophene rings is 1. The van der Waals surface area contributed by atoms with Crippen molar-refractivity contribution >= 4 is 39.1 Å². The lowest BCUT2D eigenvalue weighted by atomic mass is 10.2. The molecule has 0 aliphatic carbocycles. The largest absolute Gasteiger partial charge is 0.401 e. The lowest BCUT2D eigenvalue weighted by Gasteiger charge is -2.12. The number of carbonyl (C=O) groups is 1. The van der Waals surface area contributed by atoms with Crippen molar-refractivity contribution in [2.75, 3.05) is 19.0 Å². The molecule has 0 atom stereocenters. The van der Waals surface area contributed by atoms with Gasteiger partial charge < -0.3 is 10.5 Å². The number of fused-ring (bicyclic) bond motifs is 1. The number of nitrogens with zero attached hydrogens (tertiary/aromatic N) is 3. The van der Waals surface area contributed by atoms with E-state index in [2.05, 4.69) is 4.98 Å². The predicted octanol–water partition coefficient (Wildman–Crippen LogP) is 2.92. The summed E-state index contributed by atoms with van der Waals surface area (Å²) >= 11 is 2.62. The van der Waals surface area contributed by atoms with Gasteiger partial charge in [-0.2, -0.15) is 5.26 Å². The Morgan fingerprint density at radius 1 is 1.43 bits per heavy atom. The molecule has 150 valence electrons. The molecule has 0 aromatic carbocycles. The van der Waals surface area contributed by atoms with Gasteiger partial charge in [-0.25, -0.2) is 4.98 Å². The minimum atomic E-state index is -0.374. The van der Waals surface area contributed by atoms with Crippen molar-refractivity contribution in [3.05, 3.63) is 32.1 Å². The topological polar surface area (TPSA) is 111 Å². The molecule has 0 saturated carbocycles. The maximum absolute atomic E-state index is 13.1. The van der Waals surface area contributed by atoms with Crippen molar-refractivity contribution in [3.8, 4) is 6.07 Å². The van der Waals surface area contributed by atoms with Crippen LogP contribution in [0.3, 0.4) is 0 Å². The second-order valence-corrected chi connectivity index (χ2v) is 8.39. The molecule has 2 aromatic heterocycles. The first-order valence-electron chi connectivity index (χ1n) is 8.92. The van der Waals surface area contributed by atoms with Gasteiger partial charge in [0.25, 0.3) is 5.56 Å². The van der Waals surface area contributed by atoms with E-state index in [9.17, 15) is 9.59 Å². The fourth-order valence-electron chi connectivity index (χ4n) is 2.66. The quantitative estimate of drug-likeness (QED) is 0.218. The Balaban J connectivity index is 2.39. The first-order valence-corrected chi connectivity index (χ1v) is 10.7. The highest BCUT2D eigenvalue weighted by Gasteiger charge is 2.19. The molecule has 9 heteroatoms. The van der Waals surface area contributed by atoms with Gasteiger partial charge in [0.2, 0.25) is 0 Å². The van der Waals surface area contributed by atoms with E-state index < -0.39 is 0 Å². The molecular weight excluding hydrogens is 396 g/mol. The van der Waals surface area contributed by atoms with E-state index in [1.54, 1.807) is 4.57 Å². The summed E-state index contributed by atoms with van der Waals surface area (Å²) < 4.78 is 6.97. The molecule has 7 nitrogen and oxygen atoms in total. The number of hydrogen-bond acceptors (Lipinski definition) is 8. The molecule has 0 amide bonds. The summed E-state index contributed by atoms with van der Waals surface area (Å²) in [7, 11) is 0. The van der Waals surface area contributed by atoms with E-state index >= 15 is 0 Å². The first kappa shape index (κ1) is 22.1. The predicted molar refractivity (Wildman–Crippen MR) is 113 cm³/mol. The number of allylic oxidation sites excluding steroid dienone is 2. The van der Waals surface area contributed by atoms with E-state index in [1.165, 1.54) is 18.3 Å². The SMILES string of the molecule is CCOCCCn1c(SCC(=O)/C(C#N)=C(\C)N)nc2sc(C)c(C)c2c1=O. The van der Waals surface area contributed by atoms with E-state index in [1.807, 2.05) is 26.8 Å². The van der Waals surface area contributed by atoms with Crippen LogP contribution in [-0.4, -0.2) is 34.3 Å². The molecule has 2 heterocycles. The van der Waals surface area contributed by atoms with E-state index in [-0.39, 0.29) is 28.4 Å². The van der Waals surface area contributed by atoms with Crippen LogP contribution in [0.1, 0.15) is 30.7 Å². The highest BCUT2D eigenvalue weighted by Crippen LogP contribution is 2.28. The summed E-state index contributed by atoms with van der Waals surface area (Å²) in [6.45, 7) is 8.93. The van der Waals surface area contributed by atoms with Crippen LogP contribution < -0.4 is 11.3 Å². The number of carbonyl (C=O) groups excluding carboxylic acids is 1. The molecular formula is C19H24N4O3S2. The van der Waals surface area contributed by atoms with Gasteiger partial charge in [-0.15, -0.1) is 11.3 Å². The molecule has 0 unspecified atom stereocenters. The summed E-state index contributed by atoms with van der Waals surface area (Å²) in [5.74, 6) is -0.384. The van der Waals surface area contributed by atoms with Crippen LogP contribution in [0, 0.1) is 25.2 Å². The van der Waals surface area contributed by atoms with Gasteiger partial charge in [-0.3, -0.25) is 14.2 Å². The number of thioether (sulfide) groups is 1. The standard InChI is InChI=1S/C19H24N4O3S2/c1-5-26-8-6-7-23-18(25)16-11(2)13(4)28-17(16)22-19(23)27-10-15(24)14(9-20)12(3)21/h5-8,10,21H2,1-4H3/b14-12+. The van der Waals surface area contributed by atoms with Crippen LogP contribution in [0.5, 0.6) is 0 Å². The second-order valence-electron chi connectivity index (χ2n) is 6.25. The van der Waals surface area contributed by atoms with Crippen LogP contribution >= 0.6 is 23.1 Å². The fraction of sp³-hybridized carbons (Fsp3) is 0.474. The van der Waals surface area contributed by atoms with Crippen LogP contribution in [0.2, 0.25) is 0 Å². The number of Topliss-reactive ketones (excluding diaryl/α,β-unsaturated/α-hetero) is 1. The Kier molecular flexibility index (Phi) is 7.80. The zero-order chi connectivity index (χ0) is 20.8. The molecule has 2 aromatic rings. The summed E-state index contributed by atoms with van der Waals surface area (Å²) in [6, 6.07) is 1.84. The van der Waals surface area contributed by atoms with Crippen LogP contribution in [0.25, 0.3) is 10.2 Å². The summed E-state index contributed by atoms with van der Waals surface area (Å²) in [5.41, 5.74) is 6.57. The number of nitrogens with two attached hydrogens (primary N) is 1. The normalized spacial score (nSPS) is 12.1. The number of rotatable bonds is 9. The third-order valence-electron chi connectivity index (χ3n) is 4.25. The Morgan fingerprint density at radius 2 is 2.14 bits per heavy atom. The number of aryl methyl sites for hydroxylation is 2. The van der Waals surface area contributed by atoms with Gasteiger partial charge in [-0.05, 0) is 39.7 Å². The van der Waals surface area contributed by atoms with Crippen LogP contribution in [0.4, 0.5) is 0 Å². The number of ether oxygens (including phenoxy) is 1. The van der Waals surface area contributed by atoms with Crippen molar-refractivity contribution in [2.45, 2.75) is 45.8 Å². The summed E-state index contributed by atoms with van der Waals surface area (Å²) in [4.78, 5) is 31.7. The Hall–Kier alpha value is -2.15. The van der Waals surface area contributed by atoms with Crippen molar-refractivity contribution in [3.63, 3.8) is 0 Å². The minimum absolute atomic E-state index is 0.00974. The molecule has 2 rings (SSSR count). The Labute approximate surface area is 172 Å². The maximum Gasteiger partial charge on any atom is 0.263 e. The van der Waals surface area contributed by atoms with Gasteiger partial charge in [0, 0.05) is 30.3 Å². The smallest absolute Gasteiger partial charge is 0.263 e. The van der Waals surface area contributed by atoms with Crippen molar-refractivity contribution < 1.29 is 9.53 Å². The molecule has 0 spiro atoms. The first-order chi connectivity index (χ1) is 13.3. The summed E-state index contributed by atoms with van der Waals surface area (Å²) in [5, 5.41) is 10.2. The molecule has 0 saturated heterocycles. The van der Waals surface area contributed by atoms with Gasteiger partial charge in [0.15, 0.2) is 10.9 Å². The third-order valence-corrected chi connectivity index (χ3v) is 6.32. The lowest BCUT2D eigenvalue weighted by molar-refractivity contribution is -0.112. The molecule has 2 N–H and O–H groups in total. The van der Waals surface area contributed by atoms with E-state index in [0.717, 1.165) is 22.2 Å². The van der Waals surface area contributed by atoms with Gasteiger partial charge >= 0.3 is 0 Å². The van der Waals surface area contributed by atoms with Gasteiger partial charge in [-0.1, -0.05) is 11.8 Å². The fourth-order valence-corrected chi connectivity index (χ4v) is 4.63. The number of ketones is 1. The maximum atomic E-state index is 13.1. The molecule has 0 fully saturated rings. The van der Waals surface area contributed by atoms with E-state index in [0.29, 0.717) is 41.6 Å². The minimum Gasteiger partial charge on any atom is -0.401 e. The molecule has 0 radical (unpaired) electrons. The highest BCUT2D eigenvalue weighted by atomic mass is 32.2.